The van der Waals surface area contributed by atoms with Crippen molar-refractivity contribution in [2.45, 2.75) is 0 Å². The van der Waals surface area contributed by atoms with Gasteiger partial charge in [0, 0.05) is 32.7 Å². The number of rotatable bonds is 4. The molecule has 0 atom stereocenters. The molecule has 0 spiro atoms. The highest BCUT2D eigenvalue weighted by molar-refractivity contribution is 9.10. The Labute approximate surface area is 185 Å². The van der Waals surface area contributed by atoms with Gasteiger partial charge in [0.15, 0.2) is 0 Å². The molecule has 3 aromatic carbocycles. The number of pyridine rings is 1. The van der Waals surface area contributed by atoms with E-state index < -0.39 is 0 Å². The maximum atomic E-state index is 13.2. The van der Waals surface area contributed by atoms with Crippen LogP contribution in [0.15, 0.2) is 92.8 Å². The second kappa shape index (κ2) is 7.85. The highest BCUT2D eigenvalue weighted by Gasteiger charge is 2.18. The van der Waals surface area contributed by atoms with E-state index in [4.69, 9.17) is 9.26 Å². The van der Waals surface area contributed by atoms with Crippen molar-refractivity contribution in [1.82, 2.24) is 14.7 Å². The van der Waals surface area contributed by atoms with Crippen LogP contribution in [0.4, 0.5) is 0 Å². The van der Waals surface area contributed by atoms with Crippen LogP contribution in [0.2, 0.25) is 0 Å². The lowest BCUT2D eigenvalue weighted by Crippen LogP contribution is -2.18. The molecule has 0 bridgehead atoms. The van der Waals surface area contributed by atoms with Crippen LogP contribution in [-0.2, 0) is 0 Å². The SMILES string of the molecule is COc1ccc(-n2cc(-c3nc(-c4ccccc4Br)no3)c3ccccc3c2=O)cc1. The Balaban J connectivity index is 1.71. The van der Waals surface area contributed by atoms with Crippen LogP contribution in [0.3, 0.4) is 0 Å². The number of methoxy groups -OCH3 is 1. The molecule has 0 N–H and O–H groups in total. The van der Waals surface area contributed by atoms with Crippen molar-refractivity contribution < 1.29 is 9.26 Å². The predicted octanol–water partition coefficient (Wildman–Crippen LogP) is 5.48. The minimum atomic E-state index is -0.130. The number of nitrogens with zero attached hydrogens (tertiary/aromatic N) is 3. The molecular weight excluding hydrogens is 458 g/mol. The second-order valence-electron chi connectivity index (χ2n) is 6.86. The highest BCUT2D eigenvalue weighted by atomic mass is 79.9. The Morgan fingerprint density at radius 2 is 1.61 bits per heavy atom. The van der Waals surface area contributed by atoms with Crippen molar-refractivity contribution in [2.24, 2.45) is 0 Å². The van der Waals surface area contributed by atoms with Crippen molar-refractivity contribution in [3.63, 3.8) is 0 Å². The number of halogens is 1. The zero-order valence-electron chi connectivity index (χ0n) is 16.4. The predicted molar refractivity (Wildman–Crippen MR) is 123 cm³/mol. The summed E-state index contributed by atoms with van der Waals surface area (Å²) in [4.78, 5) is 17.8. The topological polar surface area (TPSA) is 70.2 Å². The van der Waals surface area contributed by atoms with Gasteiger partial charge in [-0.1, -0.05) is 51.4 Å². The average molecular weight is 474 g/mol. The molecule has 152 valence electrons. The van der Waals surface area contributed by atoms with Gasteiger partial charge in [-0.15, -0.1) is 0 Å². The molecule has 5 aromatic rings. The second-order valence-corrected chi connectivity index (χ2v) is 7.72. The molecule has 2 aromatic heterocycles. The normalized spacial score (nSPS) is 11.0. The van der Waals surface area contributed by atoms with Gasteiger partial charge in [0.1, 0.15) is 5.75 Å². The smallest absolute Gasteiger partial charge is 0.262 e. The molecule has 6 nitrogen and oxygen atoms in total. The van der Waals surface area contributed by atoms with Crippen LogP contribution in [0.25, 0.3) is 39.3 Å². The summed E-state index contributed by atoms with van der Waals surface area (Å²) in [5.41, 5.74) is 2.08. The summed E-state index contributed by atoms with van der Waals surface area (Å²) in [5, 5.41) is 5.47. The van der Waals surface area contributed by atoms with E-state index in [9.17, 15) is 4.79 Å². The van der Waals surface area contributed by atoms with Crippen LogP contribution in [0, 0.1) is 0 Å². The van der Waals surface area contributed by atoms with Crippen molar-refractivity contribution >= 4 is 26.7 Å². The highest BCUT2D eigenvalue weighted by Crippen LogP contribution is 2.31. The summed E-state index contributed by atoms with van der Waals surface area (Å²) in [7, 11) is 1.60. The van der Waals surface area contributed by atoms with E-state index in [0.717, 1.165) is 15.4 Å². The van der Waals surface area contributed by atoms with Gasteiger partial charge in [-0.05, 0) is 42.5 Å². The number of benzene rings is 3. The fourth-order valence-corrected chi connectivity index (χ4v) is 3.94. The zero-order chi connectivity index (χ0) is 21.4. The first kappa shape index (κ1) is 19.3. The third-order valence-electron chi connectivity index (χ3n) is 5.05. The summed E-state index contributed by atoms with van der Waals surface area (Å²) < 4.78 is 13.3. The molecule has 0 aliphatic rings. The van der Waals surface area contributed by atoms with E-state index in [0.29, 0.717) is 34.1 Å². The molecule has 2 heterocycles. The van der Waals surface area contributed by atoms with E-state index in [1.807, 2.05) is 66.7 Å². The molecular formula is C24H16BrN3O3. The standard InChI is InChI=1S/C24H16BrN3O3/c1-30-16-12-10-15(11-13-16)28-14-20(17-6-2-3-7-18(17)24(28)29)23-26-22(27-31-23)19-8-4-5-9-21(19)25/h2-14H,1H3. The summed E-state index contributed by atoms with van der Waals surface area (Å²) in [6, 6.07) is 22.4. The zero-order valence-corrected chi connectivity index (χ0v) is 18.0. The lowest BCUT2D eigenvalue weighted by molar-refractivity contribution is 0.414. The first-order chi connectivity index (χ1) is 15.2. The van der Waals surface area contributed by atoms with Crippen LogP contribution in [0.1, 0.15) is 0 Å². The fourth-order valence-electron chi connectivity index (χ4n) is 3.48. The minimum absolute atomic E-state index is 0.130. The van der Waals surface area contributed by atoms with Crippen molar-refractivity contribution in [3.05, 3.63) is 93.8 Å². The largest absolute Gasteiger partial charge is 0.497 e. The molecule has 0 unspecified atom stereocenters. The molecule has 0 radical (unpaired) electrons. The molecule has 7 heteroatoms. The fraction of sp³-hybridized carbons (Fsp3) is 0.0417. The van der Waals surface area contributed by atoms with Crippen molar-refractivity contribution in [1.29, 1.82) is 0 Å². The Morgan fingerprint density at radius 3 is 2.35 bits per heavy atom. The van der Waals surface area contributed by atoms with Crippen LogP contribution >= 0.6 is 15.9 Å². The van der Waals surface area contributed by atoms with Crippen LogP contribution in [-0.4, -0.2) is 21.8 Å². The van der Waals surface area contributed by atoms with E-state index >= 15 is 0 Å². The van der Waals surface area contributed by atoms with Crippen molar-refractivity contribution in [2.75, 3.05) is 7.11 Å². The molecule has 0 amide bonds. The maximum Gasteiger partial charge on any atom is 0.262 e. The van der Waals surface area contributed by atoms with Gasteiger partial charge in [-0.2, -0.15) is 4.98 Å². The average Bonchev–Trinajstić information content (AvgIpc) is 3.30. The first-order valence-corrected chi connectivity index (χ1v) is 10.3. The van der Waals surface area contributed by atoms with Crippen LogP contribution in [0.5, 0.6) is 5.75 Å². The minimum Gasteiger partial charge on any atom is -0.497 e. The Kier molecular flexibility index (Phi) is 4.88. The lowest BCUT2D eigenvalue weighted by Gasteiger charge is -2.11. The number of aromatic nitrogens is 3. The molecule has 0 saturated heterocycles. The molecule has 31 heavy (non-hydrogen) atoms. The van der Waals surface area contributed by atoms with Gasteiger partial charge in [0.25, 0.3) is 11.4 Å². The first-order valence-electron chi connectivity index (χ1n) is 9.53. The van der Waals surface area contributed by atoms with Gasteiger partial charge in [-0.3, -0.25) is 9.36 Å². The molecule has 5 rings (SSSR count). The summed E-state index contributed by atoms with van der Waals surface area (Å²) >= 11 is 3.52. The Hall–Kier alpha value is -3.71. The maximum absolute atomic E-state index is 13.2. The molecule has 0 aliphatic carbocycles. The number of hydrogen-bond donors (Lipinski definition) is 0. The monoisotopic (exact) mass is 473 g/mol. The Morgan fingerprint density at radius 1 is 0.903 bits per heavy atom. The quantitative estimate of drug-likeness (QED) is 0.345. The molecule has 0 aliphatic heterocycles. The van der Waals surface area contributed by atoms with Crippen LogP contribution < -0.4 is 10.3 Å². The van der Waals surface area contributed by atoms with E-state index in [-0.39, 0.29) is 5.56 Å². The summed E-state index contributed by atoms with van der Waals surface area (Å²) in [5.74, 6) is 1.52. The van der Waals surface area contributed by atoms with E-state index in [2.05, 4.69) is 26.1 Å². The lowest BCUT2D eigenvalue weighted by atomic mass is 10.1. The van der Waals surface area contributed by atoms with Gasteiger partial charge >= 0.3 is 0 Å². The van der Waals surface area contributed by atoms with Gasteiger partial charge in [0.05, 0.1) is 12.7 Å². The third-order valence-corrected chi connectivity index (χ3v) is 5.74. The van der Waals surface area contributed by atoms with Gasteiger partial charge in [-0.25, -0.2) is 0 Å². The number of fused-ring (bicyclic) bond motifs is 1. The van der Waals surface area contributed by atoms with E-state index in [1.165, 1.54) is 0 Å². The summed E-state index contributed by atoms with van der Waals surface area (Å²) in [6.45, 7) is 0. The third kappa shape index (κ3) is 3.43. The number of hydrogen-bond acceptors (Lipinski definition) is 5. The van der Waals surface area contributed by atoms with E-state index in [1.54, 1.807) is 23.9 Å². The molecule has 0 saturated carbocycles. The van der Waals surface area contributed by atoms with Gasteiger partial charge < -0.3 is 9.26 Å². The van der Waals surface area contributed by atoms with Crippen molar-refractivity contribution in [3.8, 4) is 34.3 Å². The van der Waals surface area contributed by atoms with Gasteiger partial charge in [0.2, 0.25) is 5.82 Å². The molecule has 0 fully saturated rings. The Bertz CT molecular complexity index is 1460. The summed E-state index contributed by atoms with van der Waals surface area (Å²) in [6.07, 6.45) is 1.74. The number of ether oxygens (including phenoxy) is 1.